The third-order valence-corrected chi connectivity index (χ3v) is 10.5. The molecule has 2 N–H and O–H groups in total. The number of ether oxygens (including phenoxy) is 4. The number of fused-ring (bicyclic) bond motifs is 2. The molecular weight excluding hydrogens is 721 g/mol. The summed E-state index contributed by atoms with van der Waals surface area (Å²) >= 11 is 0. The lowest BCUT2D eigenvalue weighted by atomic mass is 9.86. The molecule has 4 aromatic carbocycles. The number of hydrogen-bond acceptors (Lipinski definition) is 9. The van der Waals surface area contributed by atoms with Crippen LogP contribution < -0.4 is 18.9 Å². The zero-order valence-electron chi connectivity index (χ0n) is 35.7. The van der Waals surface area contributed by atoms with E-state index in [1.165, 1.54) is 11.6 Å². The van der Waals surface area contributed by atoms with E-state index in [1.807, 2.05) is 111 Å². The topological polar surface area (TPSA) is 129 Å². The van der Waals surface area contributed by atoms with Crippen LogP contribution in [0.1, 0.15) is 130 Å². The van der Waals surface area contributed by atoms with Crippen molar-refractivity contribution in [2.75, 3.05) is 0 Å². The van der Waals surface area contributed by atoms with Gasteiger partial charge in [-0.05, 0) is 137 Å². The molecule has 308 valence electrons. The molecule has 2 heterocycles. The number of aromatic hydroxyl groups is 2. The van der Waals surface area contributed by atoms with Crippen molar-refractivity contribution in [1.82, 2.24) is 0 Å². The Balaban J connectivity index is 0.000000207. The molecular formula is C48H62O9. The highest BCUT2D eigenvalue weighted by atomic mass is 16.5. The molecule has 0 aromatic heterocycles. The minimum atomic E-state index is -0.458. The number of benzene rings is 4. The molecule has 0 aliphatic carbocycles. The first-order valence-electron chi connectivity index (χ1n) is 19.8. The molecule has 9 heteroatoms. The van der Waals surface area contributed by atoms with Crippen LogP contribution in [0.25, 0.3) is 0 Å². The smallest absolute Gasteiger partial charge is 0.316 e. The van der Waals surface area contributed by atoms with Crippen LogP contribution in [0.5, 0.6) is 34.5 Å². The third-order valence-electron chi connectivity index (χ3n) is 10.5. The fourth-order valence-electron chi connectivity index (χ4n) is 5.64. The van der Waals surface area contributed by atoms with Crippen LogP contribution in [0, 0.1) is 17.3 Å². The lowest BCUT2D eigenvalue weighted by molar-refractivity contribution is -0.144. The summed E-state index contributed by atoms with van der Waals surface area (Å²) in [5.41, 5.74) is 2.64. The Hall–Kier alpha value is -5.31. The van der Waals surface area contributed by atoms with Crippen LogP contribution in [0.2, 0.25) is 0 Å². The minimum absolute atomic E-state index is 0.0325. The molecule has 0 spiro atoms. The molecule has 0 fully saturated rings. The predicted molar refractivity (Wildman–Crippen MR) is 224 cm³/mol. The number of carbonyl (C=O) groups is 3. The summed E-state index contributed by atoms with van der Waals surface area (Å²) < 4.78 is 21.4. The first-order valence-corrected chi connectivity index (χ1v) is 19.8. The molecule has 5 atom stereocenters. The van der Waals surface area contributed by atoms with E-state index in [1.54, 1.807) is 36.4 Å². The fraction of sp³-hybridized carbons (Fsp3) is 0.438. The summed E-state index contributed by atoms with van der Waals surface area (Å²) in [5, 5.41) is 18.3. The molecule has 0 saturated carbocycles. The van der Waals surface area contributed by atoms with Gasteiger partial charge in [0.15, 0.2) is 0 Å². The molecule has 0 radical (unpaired) electrons. The number of phenols is 2. The van der Waals surface area contributed by atoms with Crippen molar-refractivity contribution in [3.8, 4) is 34.5 Å². The van der Waals surface area contributed by atoms with Crippen molar-refractivity contribution < 1.29 is 43.5 Å². The SMILES string of the molecule is CC1C(=O)Oc2ccc(O)cc2C1C.CC1C(=O)Oc2ccccc2C1C.CCC(C)(C)C(=O)Oc1ccc(OC(C)(C)C)cc1.CCC(C)c1ccc(O)cc1. The average molecular weight is 783 g/mol. The quantitative estimate of drug-likeness (QED) is 0.145. The van der Waals surface area contributed by atoms with Crippen molar-refractivity contribution in [1.29, 1.82) is 0 Å². The first-order chi connectivity index (χ1) is 26.7. The molecule has 57 heavy (non-hydrogen) atoms. The molecule has 6 rings (SSSR count). The van der Waals surface area contributed by atoms with E-state index >= 15 is 0 Å². The van der Waals surface area contributed by atoms with Gasteiger partial charge in [-0.15, -0.1) is 0 Å². The van der Waals surface area contributed by atoms with Crippen molar-refractivity contribution in [2.45, 2.75) is 119 Å². The Kier molecular flexibility index (Phi) is 16.3. The van der Waals surface area contributed by atoms with Crippen LogP contribution >= 0.6 is 0 Å². The standard InChI is InChI=1S/C16H24O3.C11H12O3.C11H12O2.C10H14O/c1-7-16(5,6)14(17)18-12-8-10-13(11-9-12)19-15(2,3)4;1-6-7(2)11(13)14-10-4-3-8(12)5-9(6)10;1-7-8(2)11(12)13-10-6-4-3-5-9(7)10;1-3-8(2)9-4-6-10(11)7-5-9/h8-11H,7H2,1-6H3;3-7,12H,1-2H3;3-8H,1-2H3;4-8,11H,3H2,1-2H3. The van der Waals surface area contributed by atoms with Gasteiger partial charge in [0.05, 0.1) is 17.3 Å². The second-order valence-corrected chi connectivity index (χ2v) is 16.5. The van der Waals surface area contributed by atoms with Crippen molar-refractivity contribution in [3.63, 3.8) is 0 Å². The summed E-state index contributed by atoms with van der Waals surface area (Å²) in [7, 11) is 0. The maximum atomic E-state index is 11.9. The highest BCUT2D eigenvalue weighted by molar-refractivity contribution is 5.80. The Morgan fingerprint density at radius 3 is 1.68 bits per heavy atom. The molecule has 0 amide bonds. The van der Waals surface area contributed by atoms with E-state index in [0.29, 0.717) is 23.2 Å². The predicted octanol–water partition coefficient (Wildman–Crippen LogP) is 11.5. The van der Waals surface area contributed by atoms with E-state index in [4.69, 9.17) is 24.1 Å². The highest BCUT2D eigenvalue weighted by Crippen LogP contribution is 2.39. The highest BCUT2D eigenvalue weighted by Gasteiger charge is 2.32. The van der Waals surface area contributed by atoms with Crippen LogP contribution in [0.3, 0.4) is 0 Å². The molecule has 5 unspecified atom stereocenters. The summed E-state index contributed by atoms with van der Waals surface area (Å²) in [6.07, 6.45) is 1.89. The Labute approximate surface area is 339 Å². The first kappa shape index (κ1) is 46.1. The maximum Gasteiger partial charge on any atom is 0.316 e. The van der Waals surface area contributed by atoms with Crippen LogP contribution in [-0.4, -0.2) is 33.7 Å². The normalized spacial score (nSPS) is 18.8. The Morgan fingerprint density at radius 2 is 1.16 bits per heavy atom. The van der Waals surface area contributed by atoms with Gasteiger partial charge < -0.3 is 29.2 Å². The number of rotatable bonds is 6. The average Bonchev–Trinajstić information content (AvgIpc) is 3.17. The molecule has 9 nitrogen and oxygen atoms in total. The molecule has 0 saturated heterocycles. The molecule has 0 bridgehead atoms. The van der Waals surface area contributed by atoms with Gasteiger partial charge in [-0.2, -0.15) is 0 Å². The number of hydrogen-bond donors (Lipinski definition) is 2. The summed E-state index contributed by atoms with van der Waals surface area (Å²) in [5.74, 6) is 3.40. The summed E-state index contributed by atoms with van der Waals surface area (Å²) in [6.45, 7) is 23.8. The molecule has 2 aliphatic heterocycles. The zero-order chi connectivity index (χ0) is 42.7. The van der Waals surface area contributed by atoms with E-state index in [9.17, 15) is 19.5 Å². The third kappa shape index (κ3) is 13.4. The van der Waals surface area contributed by atoms with Crippen molar-refractivity contribution in [2.24, 2.45) is 17.3 Å². The second-order valence-electron chi connectivity index (χ2n) is 16.5. The van der Waals surface area contributed by atoms with Gasteiger partial charge in [-0.25, -0.2) is 0 Å². The number of carbonyl (C=O) groups excluding carboxylic acids is 3. The summed E-state index contributed by atoms with van der Waals surface area (Å²) in [4.78, 5) is 34.6. The van der Waals surface area contributed by atoms with E-state index in [2.05, 4.69) is 20.8 Å². The Bertz CT molecular complexity index is 1920. The second kappa shape index (κ2) is 20.2. The van der Waals surface area contributed by atoms with E-state index < -0.39 is 5.41 Å². The summed E-state index contributed by atoms with van der Waals surface area (Å²) in [6, 6.07) is 27.1. The monoisotopic (exact) mass is 782 g/mol. The lowest BCUT2D eigenvalue weighted by Gasteiger charge is -2.26. The zero-order valence-corrected chi connectivity index (χ0v) is 35.7. The number of para-hydroxylation sites is 1. The van der Waals surface area contributed by atoms with Crippen LogP contribution in [0.15, 0.2) is 91.0 Å². The van der Waals surface area contributed by atoms with Crippen LogP contribution in [0.4, 0.5) is 0 Å². The van der Waals surface area contributed by atoms with Crippen LogP contribution in [-0.2, 0) is 14.4 Å². The maximum absolute atomic E-state index is 11.9. The van der Waals surface area contributed by atoms with Crippen molar-refractivity contribution in [3.05, 3.63) is 108 Å². The van der Waals surface area contributed by atoms with Gasteiger partial charge in [0.2, 0.25) is 0 Å². The molecule has 2 aliphatic rings. The van der Waals surface area contributed by atoms with Gasteiger partial charge >= 0.3 is 17.9 Å². The number of esters is 3. The van der Waals surface area contributed by atoms with Gasteiger partial charge in [-0.1, -0.05) is 78.8 Å². The number of phenolic OH excluding ortho intramolecular Hbond substituents is 2. The van der Waals surface area contributed by atoms with E-state index in [-0.39, 0.29) is 52.9 Å². The van der Waals surface area contributed by atoms with Crippen molar-refractivity contribution >= 4 is 17.9 Å². The fourth-order valence-corrected chi connectivity index (χ4v) is 5.64. The lowest BCUT2D eigenvalue weighted by Crippen LogP contribution is -2.28. The van der Waals surface area contributed by atoms with Gasteiger partial charge in [0.1, 0.15) is 40.1 Å². The van der Waals surface area contributed by atoms with Gasteiger partial charge in [0, 0.05) is 5.56 Å². The van der Waals surface area contributed by atoms with Gasteiger partial charge in [-0.3, -0.25) is 14.4 Å². The minimum Gasteiger partial charge on any atom is -0.508 e. The Morgan fingerprint density at radius 1 is 0.667 bits per heavy atom. The largest absolute Gasteiger partial charge is 0.508 e. The van der Waals surface area contributed by atoms with Gasteiger partial charge in [0.25, 0.3) is 0 Å². The molecule has 4 aromatic rings. The van der Waals surface area contributed by atoms with E-state index in [0.717, 1.165) is 35.5 Å².